The number of aryl methyl sites for hydroxylation is 2. The molecule has 0 radical (unpaired) electrons. The lowest BCUT2D eigenvalue weighted by Crippen LogP contribution is -1.99. The Hall–Kier alpha value is -1.13. The molecule has 0 spiro atoms. The van der Waals surface area contributed by atoms with Crippen LogP contribution in [0.2, 0.25) is 0 Å². The largest absolute Gasteiger partial charge is 0.359 e. The van der Waals surface area contributed by atoms with Crippen molar-refractivity contribution in [2.24, 2.45) is 5.73 Å². The third-order valence-electron chi connectivity index (χ3n) is 2.33. The first kappa shape index (κ1) is 10.4. The average molecular weight is 221 g/mol. The van der Waals surface area contributed by atoms with Crippen LogP contribution < -0.4 is 5.73 Å². The van der Waals surface area contributed by atoms with E-state index in [1.54, 1.807) is 11.3 Å². The van der Waals surface area contributed by atoms with Gasteiger partial charge in [-0.05, 0) is 38.4 Å². The number of rotatable bonds is 4. The molecule has 2 heterocycles. The Balaban J connectivity index is 2.21. The Bertz CT molecular complexity index is 417. The van der Waals surface area contributed by atoms with E-state index in [-0.39, 0.29) is 0 Å². The highest BCUT2D eigenvalue weighted by atomic mass is 32.1. The molecule has 0 saturated heterocycles. The summed E-state index contributed by atoms with van der Waals surface area (Å²) in [4.78, 5) is 9.08. The molecule has 2 rings (SSSR count). The van der Waals surface area contributed by atoms with Crippen molar-refractivity contribution in [3.8, 4) is 10.7 Å². The molecule has 0 atom stereocenters. The number of nitrogens with two attached hydrogens (primary N) is 1. The lowest BCUT2D eigenvalue weighted by Gasteiger charge is -1.94. The highest BCUT2D eigenvalue weighted by Gasteiger charge is 2.08. The zero-order chi connectivity index (χ0) is 10.7. The molecule has 4 heteroatoms. The number of H-pyrrole nitrogens is 1. The highest BCUT2D eigenvalue weighted by Crippen LogP contribution is 2.27. The normalized spacial score (nSPS) is 10.8. The Labute approximate surface area is 93.4 Å². The molecule has 3 N–H and O–H groups in total. The second kappa shape index (κ2) is 4.59. The molecule has 0 aliphatic carbocycles. The van der Waals surface area contributed by atoms with Crippen LogP contribution in [0.5, 0.6) is 0 Å². The van der Waals surface area contributed by atoms with Crippen molar-refractivity contribution in [1.29, 1.82) is 0 Å². The molecule has 3 nitrogen and oxygen atoms in total. The van der Waals surface area contributed by atoms with Gasteiger partial charge < -0.3 is 10.7 Å². The summed E-state index contributed by atoms with van der Waals surface area (Å²) in [6.45, 7) is 2.81. The second-order valence-electron chi connectivity index (χ2n) is 3.50. The summed E-state index contributed by atoms with van der Waals surface area (Å²) in [5.41, 5.74) is 7.74. The van der Waals surface area contributed by atoms with E-state index in [0.29, 0.717) is 0 Å². The van der Waals surface area contributed by atoms with E-state index >= 15 is 0 Å². The van der Waals surface area contributed by atoms with E-state index in [0.717, 1.165) is 35.8 Å². The van der Waals surface area contributed by atoms with Crippen molar-refractivity contribution in [3.05, 3.63) is 28.9 Å². The molecule has 0 saturated carbocycles. The molecule has 0 amide bonds. The van der Waals surface area contributed by atoms with Crippen LogP contribution in [-0.4, -0.2) is 16.5 Å². The Morgan fingerprint density at radius 2 is 2.40 bits per heavy atom. The molecule has 2 aromatic heterocycles. The molecule has 0 aliphatic heterocycles. The van der Waals surface area contributed by atoms with Gasteiger partial charge in [0.25, 0.3) is 0 Å². The lowest BCUT2D eigenvalue weighted by molar-refractivity contribution is 0.836. The van der Waals surface area contributed by atoms with Crippen LogP contribution in [0, 0.1) is 6.92 Å². The average Bonchev–Trinajstić information content (AvgIpc) is 2.83. The van der Waals surface area contributed by atoms with Crippen LogP contribution in [0.3, 0.4) is 0 Å². The van der Waals surface area contributed by atoms with Crippen molar-refractivity contribution in [1.82, 2.24) is 9.97 Å². The molecular weight excluding hydrogens is 206 g/mol. The molecule has 15 heavy (non-hydrogen) atoms. The fraction of sp³-hybridized carbons (Fsp3) is 0.364. The number of nitrogens with one attached hydrogen (secondary N) is 1. The zero-order valence-corrected chi connectivity index (χ0v) is 9.60. The minimum Gasteiger partial charge on any atom is -0.359 e. The summed E-state index contributed by atoms with van der Waals surface area (Å²) in [7, 11) is 0. The van der Waals surface area contributed by atoms with Gasteiger partial charge in [0.15, 0.2) is 0 Å². The van der Waals surface area contributed by atoms with Gasteiger partial charge in [-0.1, -0.05) is 0 Å². The molecule has 0 bridgehead atoms. The van der Waals surface area contributed by atoms with Gasteiger partial charge in [-0.3, -0.25) is 0 Å². The molecule has 80 valence electrons. The zero-order valence-electron chi connectivity index (χ0n) is 8.79. The number of hydrogen-bond donors (Lipinski definition) is 2. The van der Waals surface area contributed by atoms with Crippen LogP contribution in [0.1, 0.15) is 17.0 Å². The smallest absolute Gasteiger partial charge is 0.140 e. The summed E-state index contributed by atoms with van der Waals surface area (Å²) in [5, 5.41) is 1.07. The van der Waals surface area contributed by atoms with Gasteiger partial charge in [0.2, 0.25) is 0 Å². The van der Waals surface area contributed by atoms with E-state index in [1.807, 2.05) is 18.3 Å². The maximum absolute atomic E-state index is 5.51. The fourth-order valence-electron chi connectivity index (χ4n) is 1.50. The van der Waals surface area contributed by atoms with Gasteiger partial charge in [-0.2, -0.15) is 0 Å². The molecule has 0 aromatic carbocycles. The third kappa shape index (κ3) is 2.27. The van der Waals surface area contributed by atoms with Crippen molar-refractivity contribution in [2.45, 2.75) is 19.8 Å². The van der Waals surface area contributed by atoms with Crippen molar-refractivity contribution >= 4 is 11.3 Å². The molecule has 0 unspecified atom stereocenters. The topological polar surface area (TPSA) is 54.7 Å². The summed E-state index contributed by atoms with van der Waals surface area (Å²) >= 11 is 1.76. The van der Waals surface area contributed by atoms with E-state index in [9.17, 15) is 0 Å². The first-order chi connectivity index (χ1) is 7.31. The number of aromatic amines is 1. The number of thiazole rings is 1. The summed E-state index contributed by atoms with van der Waals surface area (Å²) in [5.74, 6) is 0. The van der Waals surface area contributed by atoms with Crippen molar-refractivity contribution in [2.75, 3.05) is 6.54 Å². The maximum Gasteiger partial charge on any atom is 0.140 e. The highest BCUT2D eigenvalue weighted by molar-refractivity contribution is 7.15. The number of aromatic nitrogens is 2. The summed E-state index contributed by atoms with van der Waals surface area (Å²) < 4.78 is 0. The van der Waals surface area contributed by atoms with Gasteiger partial charge >= 0.3 is 0 Å². The van der Waals surface area contributed by atoms with Crippen LogP contribution in [-0.2, 0) is 6.42 Å². The van der Waals surface area contributed by atoms with Crippen LogP contribution in [0.4, 0.5) is 0 Å². The maximum atomic E-state index is 5.51. The van der Waals surface area contributed by atoms with Crippen molar-refractivity contribution in [3.63, 3.8) is 0 Å². The van der Waals surface area contributed by atoms with Gasteiger partial charge in [0, 0.05) is 11.1 Å². The Kier molecular flexibility index (Phi) is 3.18. The van der Waals surface area contributed by atoms with Crippen LogP contribution >= 0.6 is 11.3 Å². The minimum absolute atomic E-state index is 0.745. The van der Waals surface area contributed by atoms with Gasteiger partial charge in [-0.25, -0.2) is 4.98 Å². The predicted molar refractivity (Wildman–Crippen MR) is 64.0 cm³/mol. The Morgan fingerprint density at radius 1 is 1.53 bits per heavy atom. The fourth-order valence-corrected chi connectivity index (χ4v) is 2.59. The molecule has 0 fully saturated rings. The quantitative estimate of drug-likeness (QED) is 0.832. The van der Waals surface area contributed by atoms with Crippen molar-refractivity contribution < 1.29 is 0 Å². The van der Waals surface area contributed by atoms with Crippen LogP contribution in [0.15, 0.2) is 18.3 Å². The third-order valence-corrected chi connectivity index (χ3v) is 3.58. The van der Waals surface area contributed by atoms with E-state index in [4.69, 9.17) is 5.73 Å². The Morgan fingerprint density at radius 3 is 3.07 bits per heavy atom. The summed E-state index contributed by atoms with van der Waals surface area (Å²) in [6, 6.07) is 4.04. The number of hydrogen-bond acceptors (Lipinski definition) is 3. The van der Waals surface area contributed by atoms with E-state index in [1.165, 1.54) is 4.88 Å². The predicted octanol–water partition coefficient (Wildman–Crippen LogP) is 2.34. The second-order valence-corrected chi connectivity index (χ2v) is 4.59. The van der Waals surface area contributed by atoms with Gasteiger partial charge in [0.1, 0.15) is 5.01 Å². The first-order valence-electron chi connectivity index (χ1n) is 5.11. The SMILES string of the molecule is Cc1nc(-c2ccc[nH]2)sc1CCCN. The minimum atomic E-state index is 0.745. The number of nitrogens with zero attached hydrogens (tertiary/aromatic N) is 1. The van der Waals surface area contributed by atoms with E-state index < -0.39 is 0 Å². The van der Waals surface area contributed by atoms with Gasteiger partial charge in [0.05, 0.1) is 11.4 Å². The van der Waals surface area contributed by atoms with E-state index in [2.05, 4.69) is 16.9 Å². The monoisotopic (exact) mass is 221 g/mol. The molecule has 0 aliphatic rings. The molecule has 2 aromatic rings. The standard InChI is InChI=1S/C11H15N3S/c1-8-10(5-2-6-12)15-11(14-8)9-4-3-7-13-9/h3-4,7,13H,2,5-6,12H2,1H3. The van der Waals surface area contributed by atoms with Crippen LogP contribution in [0.25, 0.3) is 10.7 Å². The molecular formula is C11H15N3S. The van der Waals surface area contributed by atoms with Gasteiger partial charge in [-0.15, -0.1) is 11.3 Å². The lowest BCUT2D eigenvalue weighted by atomic mass is 10.2. The summed E-state index contributed by atoms with van der Waals surface area (Å²) in [6.07, 6.45) is 4.00. The first-order valence-corrected chi connectivity index (χ1v) is 5.93.